The van der Waals surface area contributed by atoms with Gasteiger partial charge in [0.25, 0.3) is 0 Å². The molecule has 2 aromatic heterocycles. The molecule has 168 valence electrons. The Bertz CT molecular complexity index is 1370. The first kappa shape index (κ1) is 22.6. The van der Waals surface area contributed by atoms with Crippen molar-refractivity contribution in [3.8, 4) is 26.6 Å². The second kappa shape index (κ2) is 9.13. The standard InChI is InChI=1S/C24H20N2O5S2/c1-12-10-14(8-9-15(12)21-19(23(27)28)25-13(2)32-21)11-18-26-20(24(29)30)22(33-18)16-6-4-5-7-17(16)31-3/h4-10H,11H2,1-3H3,(H,27,28)(H,29,30). The SMILES string of the molecule is COc1ccccc1-c1sc(Cc2ccc(-c3sc(C)nc3C(=O)O)c(C)c2)nc1C(=O)O. The molecule has 0 spiro atoms. The molecule has 33 heavy (non-hydrogen) atoms. The number of carboxylic acid groups (broad SMARTS) is 2. The maximum Gasteiger partial charge on any atom is 0.356 e. The van der Waals surface area contributed by atoms with Gasteiger partial charge in [0.2, 0.25) is 0 Å². The van der Waals surface area contributed by atoms with Crippen molar-refractivity contribution >= 4 is 34.6 Å². The Kier molecular flexibility index (Phi) is 6.26. The van der Waals surface area contributed by atoms with Crippen LogP contribution in [0, 0.1) is 13.8 Å². The van der Waals surface area contributed by atoms with E-state index in [9.17, 15) is 19.8 Å². The van der Waals surface area contributed by atoms with Crippen molar-refractivity contribution in [2.24, 2.45) is 0 Å². The lowest BCUT2D eigenvalue weighted by Crippen LogP contribution is -2.00. The van der Waals surface area contributed by atoms with Gasteiger partial charge in [-0.25, -0.2) is 19.6 Å². The van der Waals surface area contributed by atoms with E-state index in [1.165, 1.54) is 22.7 Å². The summed E-state index contributed by atoms with van der Waals surface area (Å²) in [6.07, 6.45) is 0.453. The number of hydrogen-bond acceptors (Lipinski definition) is 7. The minimum atomic E-state index is -1.09. The lowest BCUT2D eigenvalue weighted by atomic mass is 10.0. The largest absolute Gasteiger partial charge is 0.496 e. The number of hydrogen-bond donors (Lipinski definition) is 2. The minimum Gasteiger partial charge on any atom is -0.496 e. The molecule has 2 heterocycles. The fourth-order valence-corrected chi connectivity index (χ4v) is 5.74. The van der Waals surface area contributed by atoms with Crippen LogP contribution >= 0.6 is 22.7 Å². The van der Waals surface area contributed by atoms with E-state index in [4.69, 9.17) is 4.74 Å². The molecule has 0 amide bonds. The van der Waals surface area contributed by atoms with Gasteiger partial charge in [-0.3, -0.25) is 0 Å². The molecule has 0 fully saturated rings. The molecule has 0 aliphatic rings. The topological polar surface area (TPSA) is 110 Å². The highest BCUT2D eigenvalue weighted by Crippen LogP contribution is 2.38. The molecule has 9 heteroatoms. The summed E-state index contributed by atoms with van der Waals surface area (Å²) in [6, 6.07) is 13.0. The van der Waals surface area contributed by atoms with Crippen LogP contribution in [0.15, 0.2) is 42.5 Å². The molecule has 2 N–H and O–H groups in total. The normalized spacial score (nSPS) is 10.9. The van der Waals surface area contributed by atoms with Crippen molar-refractivity contribution in [3.05, 3.63) is 75.0 Å². The highest BCUT2D eigenvalue weighted by atomic mass is 32.1. The zero-order valence-corrected chi connectivity index (χ0v) is 19.7. The monoisotopic (exact) mass is 480 g/mol. The van der Waals surface area contributed by atoms with Crippen molar-refractivity contribution in [1.82, 2.24) is 9.97 Å². The van der Waals surface area contributed by atoms with E-state index in [0.29, 0.717) is 37.5 Å². The van der Waals surface area contributed by atoms with Crippen molar-refractivity contribution in [1.29, 1.82) is 0 Å². The van der Waals surface area contributed by atoms with Gasteiger partial charge in [0.15, 0.2) is 11.4 Å². The molecule has 0 bridgehead atoms. The number of aryl methyl sites for hydroxylation is 2. The van der Waals surface area contributed by atoms with E-state index in [1.54, 1.807) is 20.1 Å². The number of nitrogens with zero attached hydrogens (tertiary/aromatic N) is 2. The molecule has 0 aliphatic heterocycles. The van der Waals surface area contributed by atoms with Crippen LogP contribution in [0.3, 0.4) is 0 Å². The molecule has 2 aromatic carbocycles. The quantitative estimate of drug-likeness (QED) is 0.357. The molecule has 0 saturated heterocycles. The molecule has 0 aliphatic carbocycles. The van der Waals surface area contributed by atoms with Crippen LogP contribution in [-0.2, 0) is 6.42 Å². The maximum absolute atomic E-state index is 11.9. The summed E-state index contributed by atoms with van der Waals surface area (Å²) in [5, 5.41) is 20.5. The van der Waals surface area contributed by atoms with Gasteiger partial charge in [-0.2, -0.15) is 0 Å². The van der Waals surface area contributed by atoms with Gasteiger partial charge in [0, 0.05) is 12.0 Å². The van der Waals surface area contributed by atoms with Crippen molar-refractivity contribution in [2.45, 2.75) is 20.3 Å². The van der Waals surface area contributed by atoms with E-state index < -0.39 is 11.9 Å². The number of rotatable bonds is 7. The Morgan fingerprint density at radius 2 is 1.58 bits per heavy atom. The zero-order valence-electron chi connectivity index (χ0n) is 18.1. The summed E-state index contributed by atoms with van der Waals surface area (Å²) >= 11 is 2.67. The highest BCUT2D eigenvalue weighted by molar-refractivity contribution is 7.15. The fourth-order valence-electron chi connectivity index (χ4n) is 3.62. The molecule has 0 radical (unpaired) electrons. The first-order valence-corrected chi connectivity index (χ1v) is 11.6. The average molecular weight is 481 g/mol. The third kappa shape index (κ3) is 4.50. The second-order valence-corrected chi connectivity index (χ2v) is 9.62. The first-order valence-electron chi connectivity index (χ1n) is 9.95. The Morgan fingerprint density at radius 1 is 0.909 bits per heavy atom. The van der Waals surface area contributed by atoms with E-state index in [0.717, 1.165) is 16.7 Å². The number of thiazole rings is 2. The van der Waals surface area contributed by atoms with Crippen LogP contribution in [0.5, 0.6) is 5.75 Å². The summed E-state index contributed by atoms with van der Waals surface area (Å²) in [6.45, 7) is 3.70. The first-order chi connectivity index (χ1) is 15.8. The van der Waals surface area contributed by atoms with E-state index in [-0.39, 0.29) is 11.4 Å². The van der Waals surface area contributed by atoms with Crippen LogP contribution < -0.4 is 4.74 Å². The Balaban J connectivity index is 1.69. The molecular formula is C24H20N2O5S2. The number of carbonyl (C=O) groups is 2. The van der Waals surface area contributed by atoms with E-state index in [1.807, 2.05) is 43.3 Å². The van der Waals surface area contributed by atoms with Crippen LogP contribution in [0.25, 0.3) is 20.9 Å². The lowest BCUT2D eigenvalue weighted by Gasteiger charge is -2.07. The average Bonchev–Trinajstić information content (AvgIpc) is 3.37. The number of aromatic carboxylic acids is 2. The number of aromatic nitrogens is 2. The van der Waals surface area contributed by atoms with Crippen molar-refractivity contribution < 1.29 is 24.5 Å². The lowest BCUT2D eigenvalue weighted by molar-refractivity contribution is 0.0681. The fraction of sp³-hybridized carbons (Fsp3) is 0.167. The van der Waals surface area contributed by atoms with Gasteiger partial charge in [-0.15, -0.1) is 22.7 Å². The van der Waals surface area contributed by atoms with Gasteiger partial charge >= 0.3 is 11.9 Å². The van der Waals surface area contributed by atoms with E-state index >= 15 is 0 Å². The van der Waals surface area contributed by atoms with Gasteiger partial charge in [0.1, 0.15) is 5.75 Å². The smallest absolute Gasteiger partial charge is 0.356 e. The summed E-state index contributed by atoms with van der Waals surface area (Å²) < 4.78 is 5.40. The summed E-state index contributed by atoms with van der Waals surface area (Å²) in [5.41, 5.74) is 3.43. The van der Waals surface area contributed by atoms with Crippen LogP contribution in [0.1, 0.15) is 42.1 Å². The Hall–Kier alpha value is -3.56. The predicted molar refractivity (Wildman–Crippen MR) is 128 cm³/mol. The number of carboxylic acids is 2. The Morgan fingerprint density at radius 3 is 2.24 bits per heavy atom. The molecule has 7 nitrogen and oxygen atoms in total. The van der Waals surface area contributed by atoms with Gasteiger partial charge in [-0.05, 0) is 42.7 Å². The molecule has 4 aromatic rings. The number of methoxy groups -OCH3 is 1. The zero-order chi connectivity index (χ0) is 23.7. The van der Waals surface area contributed by atoms with Gasteiger partial charge < -0.3 is 14.9 Å². The number of para-hydroxylation sites is 1. The van der Waals surface area contributed by atoms with Crippen molar-refractivity contribution in [2.75, 3.05) is 7.11 Å². The van der Waals surface area contributed by atoms with Crippen LogP contribution in [0.2, 0.25) is 0 Å². The molecule has 4 rings (SSSR count). The Labute approximate surface area is 198 Å². The number of benzene rings is 2. The molecule has 0 atom stereocenters. The van der Waals surface area contributed by atoms with E-state index in [2.05, 4.69) is 9.97 Å². The van der Waals surface area contributed by atoms with Gasteiger partial charge in [0.05, 0.1) is 26.9 Å². The third-order valence-electron chi connectivity index (χ3n) is 5.05. The third-order valence-corrected chi connectivity index (χ3v) is 7.15. The summed E-state index contributed by atoms with van der Waals surface area (Å²) in [7, 11) is 1.55. The molecule has 0 saturated carbocycles. The molecule has 0 unspecified atom stereocenters. The molecular weight excluding hydrogens is 460 g/mol. The second-order valence-electron chi connectivity index (χ2n) is 7.33. The predicted octanol–water partition coefficient (Wildman–Crippen LogP) is 5.55. The maximum atomic E-state index is 11.9. The van der Waals surface area contributed by atoms with Gasteiger partial charge in [-0.1, -0.05) is 30.3 Å². The summed E-state index contributed by atoms with van der Waals surface area (Å²) in [4.78, 5) is 33.1. The highest BCUT2D eigenvalue weighted by Gasteiger charge is 2.22. The van der Waals surface area contributed by atoms with Crippen molar-refractivity contribution in [3.63, 3.8) is 0 Å². The number of ether oxygens (including phenoxy) is 1. The summed E-state index contributed by atoms with van der Waals surface area (Å²) in [5.74, 6) is -1.55. The minimum absolute atomic E-state index is 0.000854. The van der Waals surface area contributed by atoms with Crippen LogP contribution in [-0.4, -0.2) is 39.2 Å². The van der Waals surface area contributed by atoms with Crippen LogP contribution in [0.4, 0.5) is 0 Å².